The van der Waals surface area contributed by atoms with Crippen molar-refractivity contribution in [2.24, 2.45) is 0 Å². The maximum atomic E-state index is 13.8. The summed E-state index contributed by atoms with van der Waals surface area (Å²) in [6.07, 6.45) is 0.0879. The monoisotopic (exact) mass is 313 g/mol. The van der Waals surface area contributed by atoms with Crippen molar-refractivity contribution in [2.75, 3.05) is 0 Å². The van der Waals surface area contributed by atoms with Gasteiger partial charge in [0, 0.05) is 13.3 Å². The number of nitrogens with zero attached hydrogens (tertiary/aromatic N) is 1. The average Bonchev–Trinajstić information content (AvgIpc) is 2.79. The van der Waals surface area contributed by atoms with Gasteiger partial charge in [0.25, 0.3) is 0 Å². The molecule has 0 atom stereocenters. The fraction of sp³-hybridized carbons (Fsp3) is 0.154. The third-order valence-corrected chi connectivity index (χ3v) is 4.02. The van der Waals surface area contributed by atoms with Crippen LogP contribution in [-0.4, -0.2) is 21.8 Å². The van der Waals surface area contributed by atoms with E-state index in [9.17, 15) is 14.0 Å². The van der Waals surface area contributed by atoms with Gasteiger partial charge in [0.2, 0.25) is 0 Å². The molecule has 1 aromatic carbocycles. The highest BCUT2D eigenvalue weighted by Crippen LogP contribution is 2.25. The summed E-state index contributed by atoms with van der Waals surface area (Å²) in [7, 11) is 0. The molecule has 0 fully saturated rings. The lowest BCUT2D eigenvalue weighted by atomic mass is 10.1. The predicted octanol–water partition coefficient (Wildman–Crippen LogP) is 3.43. The number of carboxylic acids is 1. The maximum Gasteiger partial charge on any atom is 0.356 e. The van der Waals surface area contributed by atoms with Crippen molar-refractivity contribution in [1.82, 2.24) is 4.98 Å². The highest BCUT2D eigenvalue weighted by Gasteiger charge is 2.21. The third kappa shape index (κ3) is 2.86. The molecule has 0 aliphatic carbocycles. The molecule has 1 N–H and O–H groups in total. The van der Waals surface area contributed by atoms with Gasteiger partial charge < -0.3 is 5.11 Å². The summed E-state index contributed by atoms with van der Waals surface area (Å²) in [4.78, 5) is 26.3. The number of aromatic carboxylic acids is 1. The van der Waals surface area contributed by atoms with Gasteiger partial charge in [-0.15, -0.1) is 11.3 Å². The summed E-state index contributed by atoms with van der Waals surface area (Å²) >= 11 is 6.63. The number of halogens is 2. The molecule has 1 aromatic heterocycles. The molecule has 0 saturated heterocycles. The van der Waals surface area contributed by atoms with Crippen LogP contribution in [0, 0.1) is 5.82 Å². The molecule has 0 saturated carbocycles. The van der Waals surface area contributed by atoms with Crippen molar-refractivity contribution in [1.29, 1.82) is 0 Å². The molecule has 104 valence electrons. The lowest BCUT2D eigenvalue weighted by molar-refractivity contribution is 0.0687. The van der Waals surface area contributed by atoms with Gasteiger partial charge in [-0.1, -0.05) is 23.7 Å². The fourth-order valence-corrected chi connectivity index (χ4v) is 2.84. The van der Waals surface area contributed by atoms with Crippen LogP contribution in [0.1, 0.15) is 37.7 Å². The van der Waals surface area contributed by atoms with Crippen LogP contribution in [0.25, 0.3) is 0 Å². The zero-order valence-corrected chi connectivity index (χ0v) is 11.9. The highest BCUT2D eigenvalue weighted by molar-refractivity contribution is 7.14. The molecule has 1 heterocycles. The molecular formula is C13H9ClFNO3S. The fourth-order valence-electron chi connectivity index (χ4n) is 1.67. The number of rotatable bonds is 4. The number of aromatic nitrogens is 1. The van der Waals surface area contributed by atoms with Crippen molar-refractivity contribution in [2.45, 2.75) is 13.3 Å². The van der Waals surface area contributed by atoms with Crippen LogP contribution in [0.4, 0.5) is 4.39 Å². The summed E-state index contributed by atoms with van der Waals surface area (Å²) in [6.45, 7) is 1.27. The summed E-state index contributed by atoms with van der Waals surface area (Å²) in [5.74, 6) is -2.22. The van der Waals surface area contributed by atoms with Gasteiger partial charge in [0.05, 0.1) is 10.0 Å². The van der Waals surface area contributed by atoms with Gasteiger partial charge in [-0.25, -0.2) is 14.2 Å². The first kappa shape index (κ1) is 14.6. The van der Waals surface area contributed by atoms with Crippen molar-refractivity contribution in [3.05, 3.63) is 50.2 Å². The highest BCUT2D eigenvalue weighted by atomic mass is 35.5. The lowest BCUT2D eigenvalue weighted by Gasteiger charge is -2.01. The van der Waals surface area contributed by atoms with E-state index in [2.05, 4.69) is 4.98 Å². The summed E-state index contributed by atoms with van der Waals surface area (Å²) in [6, 6.07) is 4.56. The Kier molecular flexibility index (Phi) is 4.15. The van der Waals surface area contributed by atoms with Gasteiger partial charge in [-0.2, -0.15) is 0 Å². The number of Topliss-reactive ketones (excluding diaryl/α,β-unsaturated/α-hetero) is 1. The minimum atomic E-state index is -1.27. The number of carboxylic acid groups (broad SMARTS) is 1. The number of ketones is 1. The van der Waals surface area contributed by atoms with Gasteiger partial charge in [-0.05, 0) is 11.6 Å². The van der Waals surface area contributed by atoms with Gasteiger partial charge in [0.15, 0.2) is 11.5 Å². The van der Waals surface area contributed by atoms with E-state index in [1.165, 1.54) is 19.1 Å². The summed E-state index contributed by atoms with van der Waals surface area (Å²) in [5.41, 5.74) is 0.0122. The molecule has 7 heteroatoms. The summed E-state index contributed by atoms with van der Waals surface area (Å²) in [5, 5.41) is 9.33. The van der Waals surface area contributed by atoms with Crippen molar-refractivity contribution in [3.8, 4) is 0 Å². The molecule has 0 amide bonds. The molecule has 0 unspecified atom stereocenters. The number of benzene rings is 1. The predicted molar refractivity (Wildman–Crippen MR) is 73.3 cm³/mol. The van der Waals surface area contributed by atoms with Crippen LogP contribution in [0.2, 0.25) is 5.02 Å². The standard InChI is InChI=1S/C13H9ClFNO3S/c1-6(17)12-11(13(18)19)16-9(20-12)5-7-3-2-4-8(14)10(7)15/h2-4H,5H2,1H3,(H,18,19). The first-order valence-electron chi connectivity index (χ1n) is 5.57. The zero-order valence-electron chi connectivity index (χ0n) is 10.3. The van der Waals surface area contributed by atoms with E-state index < -0.39 is 11.8 Å². The van der Waals surface area contributed by atoms with Crippen LogP contribution in [-0.2, 0) is 6.42 Å². The number of thiazole rings is 1. The van der Waals surface area contributed by atoms with E-state index in [0.29, 0.717) is 10.6 Å². The Labute approximate surface area is 122 Å². The number of carbonyl (C=O) groups excluding carboxylic acids is 1. The second kappa shape index (κ2) is 5.68. The minimum absolute atomic E-state index is 0.00990. The molecule has 0 spiro atoms. The first-order chi connectivity index (χ1) is 9.40. The Hall–Kier alpha value is -1.79. The third-order valence-electron chi connectivity index (χ3n) is 2.57. The summed E-state index contributed by atoms with van der Waals surface area (Å²) < 4.78 is 13.8. The number of hydrogen-bond acceptors (Lipinski definition) is 4. The van der Waals surface area contributed by atoms with E-state index in [1.807, 2.05) is 0 Å². The molecule has 0 aliphatic heterocycles. The van der Waals surface area contributed by atoms with E-state index in [1.54, 1.807) is 6.07 Å². The van der Waals surface area contributed by atoms with E-state index >= 15 is 0 Å². The Morgan fingerprint density at radius 3 is 2.70 bits per heavy atom. The Morgan fingerprint density at radius 2 is 2.15 bits per heavy atom. The molecular weight excluding hydrogens is 305 g/mol. The number of hydrogen-bond donors (Lipinski definition) is 1. The lowest BCUT2D eigenvalue weighted by Crippen LogP contribution is -2.03. The topological polar surface area (TPSA) is 67.3 Å². The minimum Gasteiger partial charge on any atom is -0.476 e. The Morgan fingerprint density at radius 1 is 1.45 bits per heavy atom. The van der Waals surface area contributed by atoms with Crippen LogP contribution < -0.4 is 0 Å². The molecule has 0 bridgehead atoms. The molecule has 2 rings (SSSR count). The average molecular weight is 314 g/mol. The molecule has 20 heavy (non-hydrogen) atoms. The van der Waals surface area contributed by atoms with E-state index in [4.69, 9.17) is 16.7 Å². The zero-order chi connectivity index (χ0) is 14.9. The van der Waals surface area contributed by atoms with E-state index in [0.717, 1.165) is 11.3 Å². The van der Waals surface area contributed by atoms with Crippen molar-refractivity contribution < 1.29 is 19.1 Å². The number of carbonyl (C=O) groups is 2. The normalized spacial score (nSPS) is 10.6. The molecule has 2 aromatic rings. The second-order valence-corrected chi connectivity index (χ2v) is 5.53. The van der Waals surface area contributed by atoms with Gasteiger partial charge in [0.1, 0.15) is 10.7 Å². The van der Waals surface area contributed by atoms with Crippen LogP contribution >= 0.6 is 22.9 Å². The smallest absolute Gasteiger partial charge is 0.356 e. The Balaban J connectivity index is 2.40. The SMILES string of the molecule is CC(=O)c1sc(Cc2cccc(Cl)c2F)nc1C(=O)O. The molecule has 0 radical (unpaired) electrons. The van der Waals surface area contributed by atoms with Gasteiger partial charge in [-0.3, -0.25) is 4.79 Å². The second-order valence-electron chi connectivity index (χ2n) is 4.04. The van der Waals surface area contributed by atoms with E-state index in [-0.39, 0.29) is 27.8 Å². The van der Waals surface area contributed by atoms with Crippen molar-refractivity contribution >= 4 is 34.7 Å². The Bertz CT molecular complexity index is 667. The molecule has 0 aliphatic rings. The van der Waals surface area contributed by atoms with Crippen molar-refractivity contribution in [3.63, 3.8) is 0 Å². The van der Waals surface area contributed by atoms with Crippen LogP contribution in [0.3, 0.4) is 0 Å². The van der Waals surface area contributed by atoms with Crippen LogP contribution in [0.15, 0.2) is 18.2 Å². The largest absolute Gasteiger partial charge is 0.476 e. The molecule has 4 nitrogen and oxygen atoms in total. The quantitative estimate of drug-likeness (QED) is 0.878. The first-order valence-corrected chi connectivity index (χ1v) is 6.76. The van der Waals surface area contributed by atoms with Gasteiger partial charge >= 0.3 is 5.97 Å². The maximum absolute atomic E-state index is 13.8. The van der Waals surface area contributed by atoms with Crippen LogP contribution in [0.5, 0.6) is 0 Å².